The first-order valence-electron chi connectivity index (χ1n) is 28.5. The fourth-order valence-corrected chi connectivity index (χ4v) is 15.6. The van der Waals surface area contributed by atoms with E-state index in [4.69, 9.17) is 47.1 Å². The minimum atomic E-state index is -3.26. The summed E-state index contributed by atoms with van der Waals surface area (Å²) in [6.07, 6.45) is -11.5. The molecule has 1 N–H and O–H groups in total. The van der Waals surface area contributed by atoms with Crippen molar-refractivity contribution in [3.05, 3.63) is 276 Å². The molecule has 10 rings (SSSR count). The molecule has 0 bridgehead atoms. The van der Waals surface area contributed by atoms with Crippen molar-refractivity contribution >= 4 is 24.7 Å². The summed E-state index contributed by atoms with van der Waals surface area (Å²) in [6.45, 7) is 7.52. The summed E-state index contributed by atoms with van der Waals surface area (Å²) in [7, 11) is -3.26. The summed E-state index contributed by atoms with van der Waals surface area (Å²) in [5, 5.41) is 14.3. The van der Waals surface area contributed by atoms with Crippen LogP contribution in [0, 0.1) is 0 Å². The number of hydrogen-bond acceptors (Lipinski definition) is 12. The maximum absolute atomic E-state index is 14.7. The molecule has 0 radical (unpaired) electrons. The normalized spacial score (nSPS) is 22.8. The molecule has 0 unspecified atom stereocenters. The number of carbonyl (C=O) groups is 1. The molecule has 2 aliphatic rings. The van der Waals surface area contributed by atoms with E-state index in [1.165, 1.54) is 0 Å². The molecule has 0 amide bonds. The van der Waals surface area contributed by atoms with Gasteiger partial charge in [-0.3, -0.25) is 0 Å². The highest BCUT2D eigenvalue weighted by Crippen LogP contribution is 2.40. The summed E-state index contributed by atoms with van der Waals surface area (Å²) in [5.74, 6) is -0.651. The number of carbonyl (C=O) groups excluding carboxylic acids is 1. The van der Waals surface area contributed by atoms with Gasteiger partial charge in [0.25, 0.3) is 8.32 Å². The van der Waals surface area contributed by atoms with Gasteiger partial charge in [0.05, 0.1) is 51.8 Å². The molecular weight excluding hydrogens is 1060 g/mol. The summed E-state index contributed by atoms with van der Waals surface area (Å²) in [4.78, 5) is 14.7. The van der Waals surface area contributed by atoms with Crippen LogP contribution in [0.3, 0.4) is 0 Å². The zero-order valence-electron chi connectivity index (χ0n) is 47.3. The van der Waals surface area contributed by atoms with Crippen LogP contribution in [0.2, 0.25) is 5.04 Å². The highest BCUT2D eigenvalue weighted by Gasteiger charge is 2.57. The second-order valence-electron chi connectivity index (χ2n) is 22.0. The predicted molar refractivity (Wildman–Crippen MR) is 320 cm³/mol. The van der Waals surface area contributed by atoms with Crippen molar-refractivity contribution < 1.29 is 57.0 Å². The van der Waals surface area contributed by atoms with Crippen LogP contribution in [0.4, 0.5) is 0 Å². The standard InChI is InChI=1S/C70H74O12Si/c1-70(2,3)83(57-40-24-10-25-41-57,58-42-26-11-27-43-58)78-50-60-62(75-46-53-32-16-6-17-33-53)64(77-48-55-36-20-8-21-37-55)66(81-67(71)56-38-22-9-23-39-56)69(80-60)82-65-63(76-47-54-34-18-7-19-35-54)61(74-45-52-30-14-5-15-31-52)59(79-68(65)72)49-73-44-51-28-12-4-13-29-51/h4-43,59-66,68-69,72H,44-50H2,1-3H3/t59-,60-,61-,62-,63+,64+,65+,66-,68+,69+/m1/s1. The van der Waals surface area contributed by atoms with E-state index in [1.54, 1.807) is 24.3 Å². The Morgan fingerprint density at radius 2 is 0.771 bits per heavy atom. The van der Waals surface area contributed by atoms with Gasteiger partial charge in [0, 0.05) is 0 Å². The Bertz CT molecular complexity index is 3100. The van der Waals surface area contributed by atoms with Crippen molar-refractivity contribution in [3.63, 3.8) is 0 Å². The second-order valence-corrected chi connectivity index (χ2v) is 26.3. The van der Waals surface area contributed by atoms with E-state index in [9.17, 15) is 9.90 Å². The minimum Gasteiger partial charge on any atom is -0.450 e. The molecule has 430 valence electrons. The van der Waals surface area contributed by atoms with Crippen LogP contribution in [0.15, 0.2) is 243 Å². The Kier molecular flexibility index (Phi) is 20.7. The van der Waals surface area contributed by atoms with Gasteiger partial charge in [-0.2, -0.15) is 0 Å². The van der Waals surface area contributed by atoms with Crippen molar-refractivity contribution in [2.45, 2.75) is 120 Å². The maximum atomic E-state index is 14.7. The predicted octanol–water partition coefficient (Wildman–Crippen LogP) is 11.2. The number of aliphatic hydroxyl groups is 1. The Morgan fingerprint density at radius 3 is 1.18 bits per heavy atom. The molecule has 0 saturated carbocycles. The Balaban J connectivity index is 1.08. The maximum Gasteiger partial charge on any atom is 0.338 e. The third-order valence-corrected chi connectivity index (χ3v) is 20.2. The number of aliphatic hydroxyl groups excluding tert-OH is 1. The summed E-state index contributed by atoms with van der Waals surface area (Å²) in [5.41, 5.74) is 4.83. The average Bonchev–Trinajstić information content (AvgIpc) is 2.51. The molecule has 2 heterocycles. The van der Waals surface area contributed by atoms with Crippen LogP contribution in [0.1, 0.15) is 58.9 Å². The van der Waals surface area contributed by atoms with Gasteiger partial charge >= 0.3 is 5.97 Å². The summed E-state index contributed by atoms with van der Waals surface area (Å²) in [6, 6.07) is 78.6. The van der Waals surface area contributed by atoms with E-state index in [1.807, 2.05) is 194 Å². The van der Waals surface area contributed by atoms with Gasteiger partial charge in [0.15, 0.2) is 18.7 Å². The van der Waals surface area contributed by atoms with Crippen LogP contribution in [0.5, 0.6) is 0 Å². The zero-order valence-corrected chi connectivity index (χ0v) is 48.3. The molecule has 8 aromatic carbocycles. The molecule has 0 aromatic heterocycles. The average molecular weight is 1140 g/mol. The fraction of sp³-hybridized carbons (Fsp3) is 0.300. The number of ether oxygens (including phenoxy) is 9. The molecule has 2 saturated heterocycles. The monoisotopic (exact) mass is 1130 g/mol. The number of esters is 1. The fourth-order valence-electron chi connectivity index (χ4n) is 11.0. The van der Waals surface area contributed by atoms with Gasteiger partial charge in [-0.1, -0.05) is 251 Å². The first-order chi connectivity index (χ1) is 40.6. The van der Waals surface area contributed by atoms with Gasteiger partial charge in [0.1, 0.15) is 42.7 Å². The topological polar surface area (TPSA) is 130 Å². The van der Waals surface area contributed by atoms with Crippen molar-refractivity contribution in [1.29, 1.82) is 0 Å². The van der Waals surface area contributed by atoms with Crippen molar-refractivity contribution in [3.8, 4) is 0 Å². The third-order valence-electron chi connectivity index (χ3n) is 15.2. The molecule has 8 aromatic rings. The third kappa shape index (κ3) is 15.2. The highest BCUT2D eigenvalue weighted by molar-refractivity contribution is 6.99. The molecule has 10 atom stereocenters. The Labute approximate surface area is 488 Å². The van der Waals surface area contributed by atoms with E-state index < -0.39 is 80.7 Å². The molecule has 2 fully saturated rings. The molecular formula is C70H74O12Si. The zero-order chi connectivity index (χ0) is 57.3. The molecule has 0 spiro atoms. The smallest absolute Gasteiger partial charge is 0.338 e. The van der Waals surface area contributed by atoms with E-state index in [-0.39, 0.29) is 46.2 Å². The van der Waals surface area contributed by atoms with Crippen molar-refractivity contribution in [2.75, 3.05) is 13.2 Å². The lowest BCUT2D eigenvalue weighted by atomic mass is 9.96. The molecule has 2 aliphatic heterocycles. The van der Waals surface area contributed by atoms with Crippen LogP contribution >= 0.6 is 0 Å². The quantitative estimate of drug-likeness (QED) is 0.0432. The summed E-state index contributed by atoms with van der Waals surface area (Å²) < 4.78 is 70.2. The largest absolute Gasteiger partial charge is 0.450 e. The van der Waals surface area contributed by atoms with E-state index in [0.29, 0.717) is 5.56 Å². The first-order valence-corrected chi connectivity index (χ1v) is 30.4. The number of benzene rings is 8. The number of hydrogen-bond donors (Lipinski definition) is 1. The van der Waals surface area contributed by atoms with E-state index in [0.717, 1.165) is 38.2 Å². The molecule has 0 aliphatic carbocycles. The van der Waals surface area contributed by atoms with E-state index >= 15 is 0 Å². The van der Waals surface area contributed by atoms with Gasteiger partial charge in [0.2, 0.25) is 0 Å². The van der Waals surface area contributed by atoms with Crippen LogP contribution in [0.25, 0.3) is 0 Å². The highest BCUT2D eigenvalue weighted by atomic mass is 28.4. The van der Waals surface area contributed by atoms with Gasteiger partial charge in [-0.25, -0.2) is 4.79 Å². The van der Waals surface area contributed by atoms with E-state index in [2.05, 4.69) is 45.0 Å². The Morgan fingerprint density at radius 1 is 0.422 bits per heavy atom. The summed E-state index contributed by atoms with van der Waals surface area (Å²) >= 11 is 0. The van der Waals surface area contributed by atoms with Crippen LogP contribution in [-0.4, -0.2) is 94.0 Å². The lowest BCUT2D eigenvalue weighted by molar-refractivity contribution is -0.373. The van der Waals surface area contributed by atoms with Gasteiger partial charge < -0.3 is 52.2 Å². The minimum absolute atomic E-state index is 0.0154. The van der Waals surface area contributed by atoms with Crippen LogP contribution in [-0.2, 0) is 80.1 Å². The molecule has 12 nitrogen and oxygen atoms in total. The van der Waals surface area contributed by atoms with Gasteiger partial charge in [-0.05, 0) is 55.4 Å². The molecule has 83 heavy (non-hydrogen) atoms. The van der Waals surface area contributed by atoms with Crippen molar-refractivity contribution in [2.24, 2.45) is 0 Å². The Hall–Kier alpha value is -6.95. The number of rotatable bonds is 25. The SMILES string of the molecule is CC(C)(C)[Si](OC[C@H]1O[C@@H](O[C@H]2[C@@H](OCc3ccccc3)[C@H](OCc3ccccc3)[C@@H](COCc3ccccc3)O[C@@H]2O)[C@H](OC(=O)c2ccccc2)[C@@H](OCc2ccccc2)[C@@H]1OCc1ccccc1)(c1ccccc1)c1ccccc1. The lowest BCUT2D eigenvalue weighted by Gasteiger charge is -2.50. The first kappa shape index (κ1) is 59.2. The molecule has 13 heteroatoms. The second kappa shape index (κ2) is 29.0. The van der Waals surface area contributed by atoms with Crippen molar-refractivity contribution in [1.82, 2.24) is 0 Å². The van der Waals surface area contributed by atoms with Crippen LogP contribution < -0.4 is 10.4 Å². The lowest BCUT2D eigenvalue weighted by Crippen LogP contribution is -2.69. The van der Waals surface area contributed by atoms with Gasteiger partial charge in [-0.15, -0.1) is 0 Å².